The first-order valence-electron chi connectivity index (χ1n) is 10.9. The molecule has 0 unspecified atom stereocenters. The van der Waals surface area contributed by atoms with Gasteiger partial charge < -0.3 is 0 Å². The van der Waals surface area contributed by atoms with E-state index in [2.05, 4.69) is 71.3 Å². The molecule has 2 heteroatoms. The molecule has 0 radical (unpaired) electrons. The van der Waals surface area contributed by atoms with Gasteiger partial charge >= 0.3 is 0 Å². The molecule has 0 amide bonds. The molecule has 2 nitrogen and oxygen atoms in total. The molecular weight excluding hydrogens is 328 g/mol. The van der Waals surface area contributed by atoms with Crippen LogP contribution in [0.5, 0.6) is 0 Å². The standard InChI is InChI=1S/C25H34N2/c1-2-26(18-21-8-4-3-5-9-21)20-23-16-25(17-23)24-12-10-22(11-13-24)19-27-14-6-7-15-27/h3-5,8-13,23,25H,2,6-7,14-20H2,1H3/t23-,25-. The van der Waals surface area contributed by atoms with Gasteiger partial charge in [0.15, 0.2) is 0 Å². The van der Waals surface area contributed by atoms with Crippen molar-refractivity contribution in [1.82, 2.24) is 9.80 Å². The first-order valence-corrected chi connectivity index (χ1v) is 10.9. The van der Waals surface area contributed by atoms with Gasteiger partial charge in [0.05, 0.1) is 0 Å². The van der Waals surface area contributed by atoms with Crippen molar-refractivity contribution in [2.24, 2.45) is 5.92 Å². The van der Waals surface area contributed by atoms with Gasteiger partial charge in [0.1, 0.15) is 0 Å². The van der Waals surface area contributed by atoms with Crippen LogP contribution in [-0.4, -0.2) is 36.0 Å². The Hall–Kier alpha value is -1.64. The topological polar surface area (TPSA) is 6.48 Å². The molecule has 2 aromatic carbocycles. The van der Waals surface area contributed by atoms with Crippen LogP contribution in [0.15, 0.2) is 54.6 Å². The van der Waals surface area contributed by atoms with Crippen LogP contribution in [0.3, 0.4) is 0 Å². The van der Waals surface area contributed by atoms with E-state index in [-0.39, 0.29) is 0 Å². The molecule has 1 aliphatic carbocycles. The summed E-state index contributed by atoms with van der Waals surface area (Å²) in [6.45, 7) is 9.46. The molecule has 1 heterocycles. The molecule has 1 saturated heterocycles. The van der Waals surface area contributed by atoms with Crippen molar-refractivity contribution in [3.8, 4) is 0 Å². The summed E-state index contributed by atoms with van der Waals surface area (Å²) in [6.07, 6.45) is 5.47. The smallest absolute Gasteiger partial charge is 0.0233 e. The normalized spacial score (nSPS) is 22.9. The van der Waals surface area contributed by atoms with Crippen molar-refractivity contribution in [2.45, 2.75) is 51.6 Å². The Balaban J connectivity index is 1.23. The van der Waals surface area contributed by atoms with Crippen LogP contribution < -0.4 is 0 Å². The van der Waals surface area contributed by atoms with Gasteiger partial charge in [0, 0.05) is 19.6 Å². The second-order valence-corrected chi connectivity index (χ2v) is 8.57. The fourth-order valence-corrected chi connectivity index (χ4v) is 4.76. The van der Waals surface area contributed by atoms with E-state index >= 15 is 0 Å². The molecule has 2 aliphatic rings. The minimum Gasteiger partial charge on any atom is -0.299 e. The molecule has 4 rings (SSSR count). The third kappa shape index (κ3) is 5.00. The molecule has 0 atom stereocenters. The molecule has 0 aromatic heterocycles. The van der Waals surface area contributed by atoms with Crippen molar-refractivity contribution in [3.05, 3.63) is 71.3 Å². The maximum absolute atomic E-state index is 2.61. The summed E-state index contributed by atoms with van der Waals surface area (Å²) < 4.78 is 0. The summed E-state index contributed by atoms with van der Waals surface area (Å²) in [5.41, 5.74) is 4.47. The van der Waals surface area contributed by atoms with Crippen molar-refractivity contribution in [3.63, 3.8) is 0 Å². The highest BCUT2D eigenvalue weighted by atomic mass is 15.1. The van der Waals surface area contributed by atoms with Crippen molar-refractivity contribution >= 4 is 0 Å². The zero-order chi connectivity index (χ0) is 18.5. The van der Waals surface area contributed by atoms with E-state index in [1.54, 1.807) is 5.56 Å². The predicted octanol–water partition coefficient (Wildman–Crippen LogP) is 5.30. The number of rotatable bonds is 8. The molecule has 0 spiro atoms. The molecular formula is C25H34N2. The third-order valence-electron chi connectivity index (χ3n) is 6.50. The Morgan fingerprint density at radius 2 is 1.59 bits per heavy atom. The summed E-state index contributed by atoms with van der Waals surface area (Å²) >= 11 is 0. The molecule has 1 aliphatic heterocycles. The van der Waals surface area contributed by atoms with Crippen molar-refractivity contribution in [2.75, 3.05) is 26.2 Å². The zero-order valence-corrected chi connectivity index (χ0v) is 16.8. The summed E-state index contributed by atoms with van der Waals surface area (Å²) in [4.78, 5) is 5.19. The lowest BCUT2D eigenvalue weighted by Crippen LogP contribution is -2.35. The zero-order valence-electron chi connectivity index (χ0n) is 16.8. The van der Waals surface area contributed by atoms with Gasteiger partial charge in [0.2, 0.25) is 0 Å². The Bertz CT molecular complexity index is 682. The van der Waals surface area contributed by atoms with Crippen LogP contribution in [0, 0.1) is 5.92 Å². The van der Waals surface area contributed by atoms with Crippen molar-refractivity contribution in [1.29, 1.82) is 0 Å². The highest BCUT2D eigenvalue weighted by Crippen LogP contribution is 2.42. The van der Waals surface area contributed by atoms with Crippen molar-refractivity contribution < 1.29 is 0 Å². The van der Waals surface area contributed by atoms with E-state index in [0.29, 0.717) is 0 Å². The van der Waals surface area contributed by atoms with Gasteiger partial charge in [0.25, 0.3) is 0 Å². The van der Waals surface area contributed by atoms with Gasteiger partial charge in [-0.2, -0.15) is 0 Å². The summed E-state index contributed by atoms with van der Waals surface area (Å²) in [5, 5.41) is 0. The number of hydrogen-bond donors (Lipinski definition) is 0. The first-order chi connectivity index (χ1) is 13.3. The third-order valence-corrected chi connectivity index (χ3v) is 6.50. The van der Waals surface area contributed by atoms with E-state index in [0.717, 1.165) is 31.5 Å². The van der Waals surface area contributed by atoms with Crippen LogP contribution in [0.25, 0.3) is 0 Å². The molecule has 27 heavy (non-hydrogen) atoms. The molecule has 144 valence electrons. The Kier molecular flexibility index (Phi) is 6.26. The lowest BCUT2D eigenvalue weighted by atomic mass is 9.71. The number of nitrogens with zero attached hydrogens (tertiary/aromatic N) is 2. The maximum atomic E-state index is 2.61. The largest absolute Gasteiger partial charge is 0.299 e. The average molecular weight is 363 g/mol. The fraction of sp³-hybridized carbons (Fsp3) is 0.520. The van der Waals surface area contributed by atoms with E-state index in [9.17, 15) is 0 Å². The molecule has 2 fully saturated rings. The second-order valence-electron chi connectivity index (χ2n) is 8.57. The highest BCUT2D eigenvalue weighted by Gasteiger charge is 2.31. The Labute approximate surface area is 165 Å². The molecule has 0 N–H and O–H groups in total. The number of likely N-dealkylation sites (tertiary alicyclic amines) is 1. The molecule has 0 bridgehead atoms. The Morgan fingerprint density at radius 3 is 2.26 bits per heavy atom. The summed E-state index contributed by atoms with van der Waals surface area (Å²) in [5.74, 6) is 1.65. The van der Waals surface area contributed by atoms with Crippen LogP contribution in [-0.2, 0) is 13.1 Å². The predicted molar refractivity (Wildman–Crippen MR) is 114 cm³/mol. The summed E-state index contributed by atoms with van der Waals surface area (Å²) in [7, 11) is 0. The van der Waals surface area contributed by atoms with Gasteiger partial charge in [-0.25, -0.2) is 0 Å². The monoisotopic (exact) mass is 362 g/mol. The SMILES string of the molecule is CCN(Cc1ccccc1)C[C@H]1C[C@H](c2ccc(CN3CCCC3)cc2)C1. The number of benzene rings is 2. The maximum Gasteiger partial charge on any atom is 0.0233 e. The van der Waals surface area contributed by atoms with Crippen LogP contribution in [0.2, 0.25) is 0 Å². The quantitative estimate of drug-likeness (QED) is 0.629. The second kappa shape index (κ2) is 9.03. The van der Waals surface area contributed by atoms with Gasteiger partial charge in [-0.3, -0.25) is 9.80 Å². The molecule has 2 aromatic rings. The number of hydrogen-bond acceptors (Lipinski definition) is 2. The summed E-state index contributed by atoms with van der Waals surface area (Å²) in [6, 6.07) is 20.4. The van der Waals surface area contributed by atoms with Gasteiger partial charge in [-0.05, 0) is 73.8 Å². The van der Waals surface area contributed by atoms with Crippen LogP contribution in [0.4, 0.5) is 0 Å². The van der Waals surface area contributed by atoms with E-state index in [4.69, 9.17) is 0 Å². The van der Waals surface area contributed by atoms with E-state index in [1.807, 2.05) is 0 Å². The highest BCUT2D eigenvalue weighted by molar-refractivity contribution is 5.27. The lowest BCUT2D eigenvalue weighted by Gasteiger charge is -2.39. The average Bonchev–Trinajstić information content (AvgIpc) is 3.18. The lowest BCUT2D eigenvalue weighted by molar-refractivity contribution is 0.158. The first kappa shape index (κ1) is 18.7. The van der Waals surface area contributed by atoms with E-state index < -0.39 is 0 Å². The minimum atomic E-state index is 0.784. The fourth-order valence-electron chi connectivity index (χ4n) is 4.76. The van der Waals surface area contributed by atoms with E-state index in [1.165, 1.54) is 56.4 Å². The minimum absolute atomic E-state index is 0.784. The van der Waals surface area contributed by atoms with Crippen LogP contribution in [0.1, 0.15) is 55.2 Å². The molecule has 1 saturated carbocycles. The van der Waals surface area contributed by atoms with Gasteiger partial charge in [-0.1, -0.05) is 61.5 Å². The van der Waals surface area contributed by atoms with Crippen LogP contribution >= 0.6 is 0 Å². The Morgan fingerprint density at radius 1 is 0.889 bits per heavy atom. The van der Waals surface area contributed by atoms with Gasteiger partial charge in [-0.15, -0.1) is 0 Å².